The molecule has 1 heterocycles. The van der Waals surface area contributed by atoms with Crippen molar-refractivity contribution < 1.29 is 9.90 Å². The zero-order valence-electron chi connectivity index (χ0n) is 11.7. The maximum atomic E-state index is 11.6. The van der Waals surface area contributed by atoms with Gasteiger partial charge in [0, 0.05) is 17.7 Å². The van der Waals surface area contributed by atoms with Crippen LogP contribution in [0.15, 0.2) is 5.38 Å². The lowest BCUT2D eigenvalue weighted by Gasteiger charge is -2.13. The van der Waals surface area contributed by atoms with Gasteiger partial charge in [-0.05, 0) is 19.3 Å². The predicted molar refractivity (Wildman–Crippen MR) is 81.5 cm³/mol. The van der Waals surface area contributed by atoms with Crippen LogP contribution in [0.25, 0.3) is 0 Å². The van der Waals surface area contributed by atoms with Gasteiger partial charge in [-0.1, -0.05) is 13.8 Å². The second kappa shape index (κ2) is 8.55. The second-order valence-corrected chi connectivity index (χ2v) is 6.99. The van der Waals surface area contributed by atoms with E-state index < -0.39 is 6.10 Å². The molecule has 0 aliphatic rings. The van der Waals surface area contributed by atoms with Gasteiger partial charge in [0.2, 0.25) is 5.91 Å². The standard InChI is InChI=1S/C13H22N2O2S2/c1-9(2)4-12(16)5-14-13(17)8-18-6-11-7-19-10(3)15-11/h7,9,12,16H,4-6,8H2,1-3H3,(H,14,17). The van der Waals surface area contributed by atoms with E-state index in [-0.39, 0.29) is 5.91 Å². The van der Waals surface area contributed by atoms with E-state index in [1.807, 2.05) is 12.3 Å². The third kappa shape index (κ3) is 7.54. The van der Waals surface area contributed by atoms with E-state index in [9.17, 15) is 9.90 Å². The second-order valence-electron chi connectivity index (χ2n) is 4.94. The molecule has 0 radical (unpaired) electrons. The highest BCUT2D eigenvalue weighted by Gasteiger charge is 2.09. The number of nitrogens with one attached hydrogen (secondary N) is 1. The lowest BCUT2D eigenvalue weighted by Crippen LogP contribution is -2.33. The fraction of sp³-hybridized carbons (Fsp3) is 0.692. The first-order valence-electron chi connectivity index (χ1n) is 6.41. The summed E-state index contributed by atoms with van der Waals surface area (Å²) in [5, 5.41) is 15.5. The van der Waals surface area contributed by atoms with Crippen LogP contribution in [0.3, 0.4) is 0 Å². The van der Waals surface area contributed by atoms with Crippen molar-refractivity contribution >= 4 is 29.0 Å². The zero-order valence-corrected chi connectivity index (χ0v) is 13.3. The number of nitrogens with zero attached hydrogens (tertiary/aromatic N) is 1. The van der Waals surface area contributed by atoms with Gasteiger partial charge >= 0.3 is 0 Å². The molecule has 0 saturated carbocycles. The first-order valence-corrected chi connectivity index (χ1v) is 8.44. The fourth-order valence-electron chi connectivity index (χ4n) is 1.63. The number of carbonyl (C=O) groups is 1. The molecule has 1 rings (SSSR count). The van der Waals surface area contributed by atoms with E-state index in [1.165, 1.54) is 0 Å². The van der Waals surface area contributed by atoms with Gasteiger partial charge in [0.15, 0.2) is 0 Å². The number of thioether (sulfide) groups is 1. The molecule has 6 heteroatoms. The van der Waals surface area contributed by atoms with Crippen LogP contribution in [-0.4, -0.2) is 34.4 Å². The number of hydrogen-bond donors (Lipinski definition) is 2. The molecule has 0 aromatic carbocycles. The first kappa shape index (κ1) is 16.5. The van der Waals surface area contributed by atoms with Gasteiger partial charge in [0.25, 0.3) is 0 Å². The van der Waals surface area contributed by atoms with Gasteiger partial charge in [0.1, 0.15) is 0 Å². The Morgan fingerprint density at radius 2 is 2.32 bits per heavy atom. The highest BCUT2D eigenvalue weighted by atomic mass is 32.2. The van der Waals surface area contributed by atoms with E-state index in [1.54, 1.807) is 23.1 Å². The Morgan fingerprint density at radius 3 is 2.89 bits per heavy atom. The zero-order chi connectivity index (χ0) is 14.3. The number of hydrogen-bond acceptors (Lipinski definition) is 5. The Bertz CT molecular complexity index is 394. The molecular formula is C13H22N2O2S2. The van der Waals surface area contributed by atoms with Crippen molar-refractivity contribution in [2.75, 3.05) is 12.3 Å². The van der Waals surface area contributed by atoms with E-state index in [0.717, 1.165) is 16.5 Å². The number of amides is 1. The molecule has 2 N–H and O–H groups in total. The predicted octanol–water partition coefficient (Wildman–Crippen LogP) is 2.21. The number of aliphatic hydroxyl groups excluding tert-OH is 1. The Morgan fingerprint density at radius 1 is 1.58 bits per heavy atom. The average molecular weight is 302 g/mol. The van der Waals surface area contributed by atoms with Crippen LogP contribution in [0.5, 0.6) is 0 Å². The summed E-state index contributed by atoms with van der Waals surface area (Å²) >= 11 is 3.17. The molecule has 0 fully saturated rings. The Labute approximate surface area is 123 Å². The van der Waals surface area contributed by atoms with E-state index in [0.29, 0.717) is 24.6 Å². The highest BCUT2D eigenvalue weighted by molar-refractivity contribution is 7.99. The molecule has 19 heavy (non-hydrogen) atoms. The number of carbonyl (C=O) groups excluding carboxylic acids is 1. The van der Waals surface area contributed by atoms with Gasteiger partial charge in [-0.3, -0.25) is 4.79 Å². The maximum absolute atomic E-state index is 11.6. The van der Waals surface area contributed by atoms with Gasteiger partial charge in [-0.25, -0.2) is 4.98 Å². The molecule has 1 unspecified atom stereocenters. The van der Waals surface area contributed by atoms with Crippen molar-refractivity contribution in [2.24, 2.45) is 5.92 Å². The maximum Gasteiger partial charge on any atom is 0.230 e. The summed E-state index contributed by atoms with van der Waals surface area (Å²) in [4.78, 5) is 15.9. The Balaban J connectivity index is 2.11. The molecule has 0 spiro atoms. The van der Waals surface area contributed by atoms with Crippen molar-refractivity contribution in [2.45, 2.75) is 39.0 Å². The molecule has 4 nitrogen and oxygen atoms in total. The van der Waals surface area contributed by atoms with Crippen molar-refractivity contribution in [1.82, 2.24) is 10.3 Å². The van der Waals surface area contributed by atoms with Crippen molar-refractivity contribution in [3.8, 4) is 0 Å². The van der Waals surface area contributed by atoms with E-state index >= 15 is 0 Å². The average Bonchev–Trinajstić information content (AvgIpc) is 2.71. The van der Waals surface area contributed by atoms with Crippen LogP contribution in [0.2, 0.25) is 0 Å². The summed E-state index contributed by atoms with van der Waals surface area (Å²) in [6.45, 7) is 6.42. The summed E-state index contributed by atoms with van der Waals surface area (Å²) in [7, 11) is 0. The molecule has 1 atom stereocenters. The Hall–Kier alpha value is -0.590. The SMILES string of the molecule is Cc1nc(CSCC(=O)NCC(O)CC(C)C)cs1. The minimum absolute atomic E-state index is 0.0280. The van der Waals surface area contributed by atoms with Gasteiger partial charge < -0.3 is 10.4 Å². The molecule has 0 aliphatic heterocycles. The number of aryl methyl sites for hydroxylation is 1. The van der Waals surface area contributed by atoms with Crippen LogP contribution >= 0.6 is 23.1 Å². The van der Waals surface area contributed by atoms with Crippen molar-refractivity contribution in [1.29, 1.82) is 0 Å². The molecule has 1 aromatic rings. The summed E-state index contributed by atoms with van der Waals surface area (Å²) in [6, 6.07) is 0. The molecule has 108 valence electrons. The number of aromatic nitrogens is 1. The van der Waals surface area contributed by atoms with Crippen LogP contribution in [0.4, 0.5) is 0 Å². The summed E-state index contributed by atoms with van der Waals surface area (Å²) in [5.74, 6) is 1.58. The lowest BCUT2D eigenvalue weighted by atomic mass is 10.1. The number of rotatable bonds is 8. The lowest BCUT2D eigenvalue weighted by molar-refractivity contribution is -0.119. The third-order valence-corrected chi connectivity index (χ3v) is 4.22. The van der Waals surface area contributed by atoms with Crippen LogP contribution in [-0.2, 0) is 10.5 Å². The largest absolute Gasteiger partial charge is 0.391 e. The van der Waals surface area contributed by atoms with Gasteiger partial charge in [-0.2, -0.15) is 0 Å². The minimum Gasteiger partial charge on any atom is -0.391 e. The monoisotopic (exact) mass is 302 g/mol. The molecule has 1 amide bonds. The third-order valence-electron chi connectivity index (χ3n) is 2.43. The molecular weight excluding hydrogens is 280 g/mol. The highest BCUT2D eigenvalue weighted by Crippen LogP contribution is 2.14. The molecule has 0 aliphatic carbocycles. The quantitative estimate of drug-likeness (QED) is 0.773. The number of thiazole rings is 1. The number of aliphatic hydroxyl groups is 1. The first-order chi connectivity index (χ1) is 8.97. The topological polar surface area (TPSA) is 62.2 Å². The van der Waals surface area contributed by atoms with Crippen LogP contribution in [0, 0.1) is 12.8 Å². The normalized spacial score (nSPS) is 12.7. The summed E-state index contributed by atoms with van der Waals surface area (Å²) in [6.07, 6.45) is 0.265. The smallest absolute Gasteiger partial charge is 0.230 e. The van der Waals surface area contributed by atoms with Crippen LogP contribution < -0.4 is 5.32 Å². The minimum atomic E-state index is -0.449. The van der Waals surface area contributed by atoms with Gasteiger partial charge in [-0.15, -0.1) is 23.1 Å². The van der Waals surface area contributed by atoms with Crippen molar-refractivity contribution in [3.05, 3.63) is 16.1 Å². The van der Waals surface area contributed by atoms with E-state index in [4.69, 9.17) is 0 Å². The van der Waals surface area contributed by atoms with Crippen LogP contribution in [0.1, 0.15) is 31.0 Å². The summed E-state index contributed by atoms with van der Waals surface area (Å²) < 4.78 is 0. The Kier molecular flexibility index (Phi) is 7.41. The van der Waals surface area contributed by atoms with Gasteiger partial charge in [0.05, 0.1) is 22.6 Å². The fourth-order valence-corrected chi connectivity index (χ4v) is 3.10. The molecule has 0 bridgehead atoms. The van der Waals surface area contributed by atoms with E-state index in [2.05, 4.69) is 24.1 Å². The molecule has 1 aromatic heterocycles. The molecule has 0 saturated heterocycles. The summed E-state index contributed by atoms with van der Waals surface area (Å²) in [5.41, 5.74) is 1.03. The van der Waals surface area contributed by atoms with Crippen molar-refractivity contribution in [3.63, 3.8) is 0 Å².